The van der Waals surface area contributed by atoms with Crippen molar-refractivity contribution in [2.75, 3.05) is 39.6 Å². The van der Waals surface area contributed by atoms with Crippen LogP contribution in [0.1, 0.15) is 421 Å². The van der Waals surface area contributed by atoms with E-state index in [1.807, 2.05) is 0 Å². The van der Waals surface area contributed by atoms with Crippen LogP contribution in [0.25, 0.3) is 0 Å². The van der Waals surface area contributed by atoms with Gasteiger partial charge in [0.2, 0.25) is 0 Å². The number of carbonyl (C=O) groups excluding carboxylic acids is 4. The second-order valence-corrected chi connectivity index (χ2v) is 33.5. The summed E-state index contributed by atoms with van der Waals surface area (Å²) in [5, 5.41) is 10.6. The molecule has 0 aliphatic carbocycles. The van der Waals surface area contributed by atoms with Gasteiger partial charge in [-0.2, -0.15) is 0 Å². The summed E-state index contributed by atoms with van der Waals surface area (Å²) in [5.41, 5.74) is 0. The molecule has 0 spiro atoms. The number of unbranched alkanes of at least 4 members (excludes halogenated alkanes) is 47. The number of ether oxygens (including phenoxy) is 4. The number of phosphoric acid groups is 2. The van der Waals surface area contributed by atoms with E-state index in [1.165, 1.54) is 231 Å². The number of phosphoric ester groups is 2. The molecule has 0 aromatic heterocycles. The summed E-state index contributed by atoms with van der Waals surface area (Å²) in [5.74, 6) is 0.271. The largest absolute Gasteiger partial charge is 0.472 e. The minimum atomic E-state index is -4.96. The third-order valence-corrected chi connectivity index (χ3v) is 20.8. The molecule has 0 saturated heterocycles. The Hall–Kier alpha value is -1.94. The lowest BCUT2D eigenvalue weighted by molar-refractivity contribution is -0.161. The van der Waals surface area contributed by atoms with Crippen LogP contribution < -0.4 is 0 Å². The molecule has 100 heavy (non-hydrogen) atoms. The van der Waals surface area contributed by atoms with Crippen LogP contribution in [0.15, 0.2) is 0 Å². The van der Waals surface area contributed by atoms with E-state index in [0.29, 0.717) is 25.7 Å². The molecule has 2 unspecified atom stereocenters. The first-order valence-corrected chi connectivity index (χ1v) is 44.8. The van der Waals surface area contributed by atoms with Gasteiger partial charge in [-0.05, 0) is 43.4 Å². The van der Waals surface area contributed by atoms with Crippen molar-refractivity contribution in [3.05, 3.63) is 0 Å². The fraction of sp³-hybridized carbons (Fsp3) is 0.951. The molecule has 0 aromatic carbocycles. The van der Waals surface area contributed by atoms with Gasteiger partial charge in [-0.15, -0.1) is 0 Å². The van der Waals surface area contributed by atoms with E-state index in [0.717, 1.165) is 108 Å². The summed E-state index contributed by atoms with van der Waals surface area (Å²) in [7, 11) is -9.92. The first-order chi connectivity index (χ1) is 48.2. The highest BCUT2D eigenvalue weighted by molar-refractivity contribution is 7.47. The maximum Gasteiger partial charge on any atom is 0.472 e. The maximum absolute atomic E-state index is 13.1. The van der Waals surface area contributed by atoms with Crippen molar-refractivity contribution in [2.45, 2.75) is 439 Å². The number of hydrogen-bond donors (Lipinski definition) is 3. The molecule has 3 N–H and O–H groups in total. The first-order valence-electron chi connectivity index (χ1n) is 41.8. The quantitative estimate of drug-likeness (QED) is 0.0222. The van der Waals surface area contributed by atoms with Crippen molar-refractivity contribution >= 4 is 39.5 Å². The highest BCUT2D eigenvalue weighted by Gasteiger charge is 2.30. The molecule has 0 amide bonds. The molecule has 17 nitrogen and oxygen atoms in total. The van der Waals surface area contributed by atoms with Crippen molar-refractivity contribution in [3.8, 4) is 0 Å². The summed E-state index contributed by atoms with van der Waals surface area (Å²) < 4.78 is 68.7. The van der Waals surface area contributed by atoms with Gasteiger partial charge in [-0.25, -0.2) is 9.13 Å². The van der Waals surface area contributed by atoms with Gasteiger partial charge in [0.05, 0.1) is 26.4 Å². The molecule has 5 atom stereocenters. The second-order valence-electron chi connectivity index (χ2n) is 30.6. The Kier molecular flexibility index (Phi) is 69.9. The molecule has 0 rings (SSSR count). The number of hydrogen-bond acceptors (Lipinski definition) is 15. The van der Waals surface area contributed by atoms with Crippen molar-refractivity contribution in [1.82, 2.24) is 0 Å². The van der Waals surface area contributed by atoms with Gasteiger partial charge in [-0.3, -0.25) is 37.3 Å². The molecular formula is C81H158O17P2. The molecular weight excluding hydrogens is 1310 g/mol. The number of aliphatic hydroxyl groups excluding tert-OH is 1. The Bertz CT molecular complexity index is 1940. The van der Waals surface area contributed by atoms with Gasteiger partial charge in [0.15, 0.2) is 12.2 Å². The van der Waals surface area contributed by atoms with Gasteiger partial charge in [0, 0.05) is 25.7 Å². The maximum atomic E-state index is 13.1. The van der Waals surface area contributed by atoms with Crippen LogP contribution in [0.3, 0.4) is 0 Å². The average Bonchev–Trinajstić information content (AvgIpc) is 0.963. The summed E-state index contributed by atoms with van der Waals surface area (Å²) >= 11 is 0. The predicted octanol–water partition coefficient (Wildman–Crippen LogP) is 24.1. The van der Waals surface area contributed by atoms with Crippen LogP contribution in [0.2, 0.25) is 0 Å². The molecule has 0 bridgehead atoms. The zero-order valence-corrected chi connectivity index (χ0v) is 67.5. The van der Waals surface area contributed by atoms with E-state index >= 15 is 0 Å². The molecule has 0 aromatic rings. The Morgan fingerprint density at radius 1 is 0.270 bits per heavy atom. The van der Waals surface area contributed by atoms with Crippen molar-refractivity contribution < 1.29 is 80.2 Å². The summed E-state index contributed by atoms with van der Waals surface area (Å²) in [6.07, 6.45) is 59.5. The van der Waals surface area contributed by atoms with E-state index in [1.54, 1.807) is 0 Å². The first kappa shape index (κ1) is 98.1. The van der Waals surface area contributed by atoms with Crippen LogP contribution in [-0.2, 0) is 65.4 Å². The molecule has 0 heterocycles. The van der Waals surface area contributed by atoms with Crippen molar-refractivity contribution in [3.63, 3.8) is 0 Å². The Labute approximate surface area is 613 Å². The Balaban J connectivity index is 5.25. The van der Waals surface area contributed by atoms with Crippen LogP contribution in [0.5, 0.6) is 0 Å². The number of esters is 4. The predicted molar refractivity (Wildman–Crippen MR) is 409 cm³/mol. The highest BCUT2D eigenvalue weighted by Crippen LogP contribution is 2.45. The molecule has 0 aliphatic heterocycles. The topological polar surface area (TPSA) is 237 Å². The molecule has 0 fully saturated rings. The lowest BCUT2D eigenvalue weighted by Gasteiger charge is -2.21. The molecule has 0 saturated carbocycles. The smallest absolute Gasteiger partial charge is 0.462 e. The second kappa shape index (κ2) is 71.3. The summed E-state index contributed by atoms with van der Waals surface area (Å²) in [4.78, 5) is 73.0. The summed E-state index contributed by atoms with van der Waals surface area (Å²) in [6, 6.07) is 0. The monoisotopic (exact) mass is 1470 g/mol. The minimum Gasteiger partial charge on any atom is -0.462 e. The lowest BCUT2D eigenvalue weighted by Crippen LogP contribution is -2.30. The van der Waals surface area contributed by atoms with Gasteiger partial charge in [0.25, 0.3) is 0 Å². The zero-order chi connectivity index (χ0) is 73.7. The normalized spacial score (nSPS) is 14.0. The van der Waals surface area contributed by atoms with Gasteiger partial charge in [0.1, 0.15) is 19.3 Å². The Morgan fingerprint density at radius 2 is 0.460 bits per heavy atom. The fourth-order valence-electron chi connectivity index (χ4n) is 12.5. The molecule has 594 valence electrons. The van der Waals surface area contributed by atoms with Crippen LogP contribution in [0.4, 0.5) is 0 Å². The third kappa shape index (κ3) is 74.3. The Morgan fingerprint density at radius 3 is 0.680 bits per heavy atom. The van der Waals surface area contributed by atoms with Crippen molar-refractivity contribution in [2.24, 2.45) is 17.8 Å². The number of carbonyl (C=O) groups is 4. The van der Waals surface area contributed by atoms with E-state index < -0.39 is 97.5 Å². The lowest BCUT2D eigenvalue weighted by atomic mass is 10.0. The van der Waals surface area contributed by atoms with Gasteiger partial charge in [-0.1, -0.05) is 370 Å². The van der Waals surface area contributed by atoms with Gasteiger partial charge >= 0.3 is 39.5 Å². The molecule has 0 radical (unpaired) electrons. The number of aliphatic hydroxyl groups is 1. The van der Waals surface area contributed by atoms with Crippen molar-refractivity contribution in [1.29, 1.82) is 0 Å². The number of rotatable bonds is 79. The minimum absolute atomic E-state index is 0.107. The fourth-order valence-corrected chi connectivity index (χ4v) is 14.1. The van der Waals surface area contributed by atoms with Crippen LogP contribution in [-0.4, -0.2) is 96.7 Å². The average molecular weight is 1470 g/mol. The summed E-state index contributed by atoms with van der Waals surface area (Å²) in [6.45, 7) is 12.0. The molecule has 19 heteroatoms. The van der Waals surface area contributed by atoms with Gasteiger partial charge < -0.3 is 33.8 Å². The third-order valence-electron chi connectivity index (χ3n) is 18.9. The molecule has 0 aliphatic rings. The zero-order valence-electron chi connectivity index (χ0n) is 65.7. The van der Waals surface area contributed by atoms with E-state index in [-0.39, 0.29) is 25.7 Å². The van der Waals surface area contributed by atoms with E-state index in [4.69, 9.17) is 37.0 Å². The SMILES string of the molecule is CCCCCCCCCCCCC(=O)OC[C@H](COP(=O)(O)OC[C@H](O)COP(=O)(O)OC[C@@H](COC(=O)CCCCCCCCCCCCCCCC(C)C)OC(=O)CCCCCCCCCCCCCCCCCC(C)C)OC(=O)CCCCCCCCCCCCCCCC(C)C. The van der Waals surface area contributed by atoms with E-state index in [2.05, 4.69) is 48.5 Å². The van der Waals surface area contributed by atoms with Crippen LogP contribution >= 0.6 is 15.6 Å². The van der Waals surface area contributed by atoms with Crippen LogP contribution in [0, 0.1) is 17.8 Å². The standard InChI is InChI=1S/C81H158O17P2/c1-8-9-10-11-12-13-34-41-48-55-62-78(83)91-68-76(97-81(86)65-58-51-44-37-30-24-18-21-27-33-40-47-54-61-74(6)7)70-95-99(87,88)93-66-75(82)67-94-100(89,90)96-71-77(69-92-79(84)63-56-49-42-35-28-23-17-20-26-32-39-46-53-60-73(4)5)98-80(85)64-57-50-43-36-29-22-16-14-15-19-25-31-38-45-52-59-72(2)3/h72-77,82H,8-71H2,1-7H3,(H,87,88)(H,89,90)/t75-,76+,77+/m0/s1. The highest BCUT2D eigenvalue weighted by atomic mass is 31.2. The van der Waals surface area contributed by atoms with E-state index in [9.17, 15) is 43.2 Å².